The van der Waals surface area contributed by atoms with Gasteiger partial charge in [-0.05, 0) is 63.9 Å². The molecule has 1 atom stereocenters. The molecular weight excluding hydrogens is 449 g/mol. The van der Waals surface area contributed by atoms with Crippen LogP contribution in [0.15, 0.2) is 40.8 Å². The van der Waals surface area contributed by atoms with E-state index in [2.05, 4.69) is 0 Å². The van der Waals surface area contributed by atoms with E-state index in [0.717, 1.165) is 11.1 Å². The molecule has 0 N–H and O–H groups in total. The average molecular weight is 482 g/mol. The largest absolute Gasteiger partial charge is 0.449 e. The molecule has 1 fully saturated rings. The van der Waals surface area contributed by atoms with Gasteiger partial charge in [0.15, 0.2) is 11.3 Å². The molecule has 3 heterocycles. The Morgan fingerprint density at radius 1 is 1.14 bits per heavy atom. The highest BCUT2D eigenvalue weighted by Gasteiger charge is 2.34. The fourth-order valence-electron chi connectivity index (χ4n) is 4.24. The molecule has 0 aliphatic carbocycles. The molecule has 0 unspecified atom stereocenters. The topological polar surface area (TPSA) is 75.9 Å². The van der Waals surface area contributed by atoms with E-state index in [-0.39, 0.29) is 35.5 Å². The third-order valence-electron chi connectivity index (χ3n) is 6.02. The number of furan rings is 1. The molecule has 3 aromatic rings. The lowest BCUT2D eigenvalue weighted by Gasteiger charge is -2.39. The zero-order valence-corrected chi connectivity index (χ0v) is 21.1. The van der Waals surface area contributed by atoms with Crippen molar-refractivity contribution in [2.45, 2.75) is 59.1 Å². The zero-order chi connectivity index (χ0) is 25.5. The maximum Gasteiger partial charge on any atom is 0.410 e. The molecule has 8 heteroatoms. The van der Waals surface area contributed by atoms with Crippen molar-refractivity contribution < 1.29 is 23.1 Å². The summed E-state index contributed by atoms with van der Waals surface area (Å²) in [5, 5.41) is 0. The molecule has 2 aromatic heterocycles. The minimum absolute atomic E-state index is 0.130. The summed E-state index contributed by atoms with van der Waals surface area (Å²) in [6.45, 7) is 12.6. The highest BCUT2D eigenvalue weighted by Crippen LogP contribution is 2.32. The van der Waals surface area contributed by atoms with Gasteiger partial charge in [0.05, 0.1) is 5.69 Å². The summed E-state index contributed by atoms with van der Waals surface area (Å²) in [5.74, 6) is -0.207. The Morgan fingerprint density at radius 2 is 1.83 bits per heavy atom. The molecule has 35 heavy (non-hydrogen) atoms. The molecule has 0 bridgehead atoms. The van der Waals surface area contributed by atoms with Crippen molar-refractivity contribution in [2.75, 3.05) is 19.6 Å². The summed E-state index contributed by atoms with van der Waals surface area (Å²) in [6, 6.07) is 9.57. The van der Waals surface area contributed by atoms with Gasteiger partial charge in [-0.25, -0.2) is 14.2 Å². The van der Waals surface area contributed by atoms with Crippen LogP contribution in [0.1, 0.15) is 63.6 Å². The maximum atomic E-state index is 13.4. The third-order valence-corrected chi connectivity index (χ3v) is 6.02. The van der Waals surface area contributed by atoms with Gasteiger partial charge in [0.2, 0.25) is 0 Å². The van der Waals surface area contributed by atoms with E-state index in [1.807, 2.05) is 47.6 Å². The Kier molecular flexibility index (Phi) is 6.58. The number of aromatic nitrogens is 1. The second-order valence-electron chi connectivity index (χ2n) is 10.4. The van der Waals surface area contributed by atoms with Crippen molar-refractivity contribution in [1.29, 1.82) is 0 Å². The van der Waals surface area contributed by atoms with Crippen LogP contribution < -0.4 is 0 Å². The number of hydrogen-bond acceptors (Lipinski definition) is 5. The number of carbonyl (C=O) groups excluding carboxylic acids is 2. The molecular formula is C27H32FN3O4. The van der Waals surface area contributed by atoms with Gasteiger partial charge in [0, 0.05) is 42.9 Å². The predicted octanol–water partition coefficient (Wildman–Crippen LogP) is 5.84. The zero-order valence-electron chi connectivity index (χ0n) is 21.1. The van der Waals surface area contributed by atoms with E-state index in [1.165, 1.54) is 12.1 Å². The number of carbonyl (C=O) groups is 2. The highest BCUT2D eigenvalue weighted by molar-refractivity contribution is 5.96. The van der Waals surface area contributed by atoms with Crippen molar-refractivity contribution in [3.05, 3.63) is 53.5 Å². The van der Waals surface area contributed by atoms with Gasteiger partial charge >= 0.3 is 6.09 Å². The van der Waals surface area contributed by atoms with Crippen LogP contribution in [0.25, 0.3) is 22.4 Å². The Morgan fingerprint density at radius 3 is 2.43 bits per heavy atom. The fourth-order valence-corrected chi connectivity index (χ4v) is 4.24. The first kappa shape index (κ1) is 24.7. The van der Waals surface area contributed by atoms with Crippen molar-refractivity contribution >= 4 is 23.1 Å². The van der Waals surface area contributed by atoms with Gasteiger partial charge in [0.25, 0.3) is 5.91 Å². The molecule has 1 aliphatic heterocycles. The monoisotopic (exact) mass is 481 g/mol. The lowest BCUT2D eigenvalue weighted by atomic mass is 10.00. The second kappa shape index (κ2) is 9.32. The lowest BCUT2D eigenvalue weighted by molar-refractivity contribution is 0.00564. The van der Waals surface area contributed by atoms with Crippen molar-refractivity contribution in [3.63, 3.8) is 0 Å². The highest BCUT2D eigenvalue weighted by atomic mass is 19.1. The summed E-state index contributed by atoms with van der Waals surface area (Å²) >= 11 is 0. The standard InChI is InChI=1S/C27H32FN3O4/c1-16(2)20-13-21(18-7-9-19(28)10-8-18)29-22-14-23(34-24(20)22)25(32)31-12-11-30(15-17(31)3)26(33)35-27(4,5)6/h7-10,13-14,16-17H,11-12,15H2,1-6H3/t17-/m1/s1. The van der Waals surface area contributed by atoms with Crippen molar-refractivity contribution in [1.82, 2.24) is 14.8 Å². The number of nitrogens with zero attached hydrogens (tertiary/aromatic N) is 3. The van der Waals surface area contributed by atoms with E-state index >= 15 is 0 Å². The van der Waals surface area contributed by atoms with Crippen LogP contribution >= 0.6 is 0 Å². The first-order valence-electron chi connectivity index (χ1n) is 11.9. The first-order chi connectivity index (χ1) is 16.4. The molecule has 0 radical (unpaired) electrons. The Bertz CT molecular complexity index is 1240. The molecule has 1 aromatic carbocycles. The number of pyridine rings is 1. The lowest BCUT2D eigenvalue weighted by Crippen LogP contribution is -2.56. The number of benzene rings is 1. The van der Waals surface area contributed by atoms with Crippen molar-refractivity contribution in [3.8, 4) is 11.3 Å². The van der Waals surface area contributed by atoms with Crippen LogP contribution in [-0.2, 0) is 4.74 Å². The van der Waals surface area contributed by atoms with E-state index in [4.69, 9.17) is 14.1 Å². The van der Waals surface area contributed by atoms with Crippen LogP contribution in [-0.4, -0.2) is 58.1 Å². The summed E-state index contributed by atoms with van der Waals surface area (Å²) in [6.07, 6.45) is -0.376. The van der Waals surface area contributed by atoms with Crippen LogP contribution in [0.4, 0.5) is 9.18 Å². The van der Waals surface area contributed by atoms with Gasteiger partial charge in [-0.1, -0.05) is 13.8 Å². The summed E-state index contributed by atoms with van der Waals surface area (Å²) < 4.78 is 24.9. The van der Waals surface area contributed by atoms with Crippen LogP contribution in [0.3, 0.4) is 0 Å². The fraction of sp³-hybridized carbons (Fsp3) is 0.444. The van der Waals surface area contributed by atoms with E-state index in [1.54, 1.807) is 28.0 Å². The SMILES string of the molecule is CC(C)c1cc(-c2ccc(F)cc2)nc2cc(C(=O)N3CCN(C(=O)OC(C)(C)C)C[C@H]3C)oc12. The minimum atomic E-state index is -0.574. The number of amides is 2. The summed E-state index contributed by atoms with van der Waals surface area (Å²) in [7, 11) is 0. The minimum Gasteiger partial charge on any atom is -0.449 e. The number of halogens is 1. The Balaban J connectivity index is 1.59. The molecule has 186 valence electrons. The molecule has 0 spiro atoms. The van der Waals surface area contributed by atoms with Gasteiger partial charge in [-0.3, -0.25) is 4.79 Å². The van der Waals surface area contributed by atoms with Crippen LogP contribution in [0.5, 0.6) is 0 Å². The first-order valence-corrected chi connectivity index (χ1v) is 11.9. The van der Waals surface area contributed by atoms with Crippen molar-refractivity contribution in [2.24, 2.45) is 0 Å². The molecule has 1 saturated heterocycles. The third kappa shape index (κ3) is 5.31. The van der Waals surface area contributed by atoms with Gasteiger partial charge < -0.3 is 19.0 Å². The van der Waals surface area contributed by atoms with E-state index < -0.39 is 5.60 Å². The smallest absolute Gasteiger partial charge is 0.410 e. The Labute approximate surface area is 204 Å². The van der Waals surface area contributed by atoms with Gasteiger partial charge in [-0.15, -0.1) is 0 Å². The molecule has 2 amide bonds. The van der Waals surface area contributed by atoms with Crippen LogP contribution in [0.2, 0.25) is 0 Å². The molecule has 7 nitrogen and oxygen atoms in total. The molecule has 1 aliphatic rings. The van der Waals surface area contributed by atoms with Gasteiger partial charge in [-0.2, -0.15) is 0 Å². The number of rotatable bonds is 3. The Hall–Kier alpha value is -3.42. The number of piperazine rings is 1. The number of ether oxygens (including phenoxy) is 1. The van der Waals surface area contributed by atoms with E-state index in [0.29, 0.717) is 36.4 Å². The quantitative estimate of drug-likeness (QED) is 0.470. The number of hydrogen-bond donors (Lipinski definition) is 0. The molecule has 0 saturated carbocycles. The number of fused-ring (bicyclic) bond motifs is 1. The maximum absolute atomic E-state index is 13.4. The molecule has 4 rings (SSSR count). The van der Waals surface area contributed by atoms with Gasteiger partial charge in [0.1, 0.15) is 16.9 Å². The van der Waals surface area contributed by atoms with E-state index in [9.17, 15) is 14.0 Å². The second-order valence-corrected chi connectivity index (χ2v) is 10.4. The normalized spacial score (nSPS) is 16.7. The average Bonchev–Trinajstić information content (AvgIpc) is 3.21. The summed E-state index contributed by atoms with van der Waals surface area (Å²) in [5.41, 5.74) is 3.00. The predicted molar refractivity (Wildman–Crippen MR) is 132 cm³/mol. The van der Waals surface area contributed by atoms with Crippen LogP contribution in [0, 0.1) is 5.82 Å². The summed E-state index contributed by atoms with van der Waals surface area (Å²) in [4.78, 5) is 33.9.